The normalized spacial score (nSPS) is 20.5. The Labute approximate surface area is 219 Å². The van der Waals surface area contributed by atoms with E-state index in [0.717, 1.165) is 36.1 Å². The summed E-state index contributed by atoms with van der Waals surface area (Å²) in [5, 5.41) is 15.0. The molecule has 0 saturated carbocycles. The Kier molecular flexibility index (Phi) is 6.63. The summed E-state index contributed by atoms with van der Waals surface area (Å²) in [7, 11) is 0. The predicted molar refractivity (Wildman–Crippen MR) is 152 cm³/mol. The summed E-state index contributed by atoms with van der Waals surface area (Å²) in [5.74, 6) is -0.229. The van der Waals surface area contributed by atoms with E-state index in [2.05, 4.69) is 53.5 Å². The van der Waals surface area contributed by atoms with E-state index in [-0.39, 0.29) is 11.9 Å². The number of hydrogen-bond acceptors (Lipinski definition) is 4. The number of rotatable bonds is 1. The molecule has 0 radical (unpaired) electrons. The number of benzene rings is 4. The number of fused-ring (bicyclic) bond motifs is 6. The second kappa shape index (κ2) is 9.75. The molecule has 6 rings (SSSR count). The molecule has 1 aliphatic carbocycles. The summed E-state index contributed by atoms with van der Waals surface area (Å²) in [6.07, 6.45) is 5.31. The zero-order chi connectivity index (χ0) is 26.2. The van der Waals surface area contributed by atoms with Crippen LogP contribution in [-0.2, 0) is 21.6 Å². The van der Waals surface area contributed by atoms with E-state index in [4.69, 9.17) is 4.74 Å². The van der Waals surface area contributed by atoms with Crippen molar-refractivity contribution in [3.8, 4) is 0 Å². The number of carbonyl (C=O) groups is 1. The van der Waals surface area contributed by atoms with E-state index in [1.165, 1.54) is 27.1 Å². The second-order valence-electron chi connectivity index (χ2n) is 11.3. The first kappa shape index (κ1) is 25.2. The standard InChI is InChI=1S/C23H24O2.C10H11NO/c1-23(2,3)25-22(24)21-10-6-9-17-19-12-11-15-7-4-5-8-16(15)18(19)13-14-20(17)21;1-10(12)6-7-11-9-5-3-2-4-8(9)10/h4-5,7-8,11-14,21H,6,9-10H2,1-3H3;2-5,7,12H,6H2,1H3. The van der Waals surface area contributed by atoms with Gasteiger partial charge in [-0.1, -0.05) is 66.7 Å². The first-order chi connectivity index (χ1) is 17.6. The monoisotopic (exact) mass is 493 g/mol. The van der Waals surface area contributed by atoms with Crippen LogP contribution in [0.25, 0.3) is 21.5 Å². The van der Waals surface area contributed by atoms with Gasteiger partial charge in [0.1, 0.15) is 5.60 Å². The van der Waals surface area contributed by atoms with E-state index in [9.17, 15) is 9.90 Å². The highest BCUT2D eigenvalue weighted by molar-refractivity contribution is 6.09. The van der Waals surface area contributed by atoms with Crippen LogP contribution in [0.15, 0.2) is 77.8 Å². The maximum atomic E-state index is 12.7. The summed E-state index contributed by atoms with van der Waals surface area (Å²) in [4.78, 5) is 16.9. The van der Waals surface area contributed by atoms with Crippen LogP contribution >= 0.6 is 0 Å². The van der Waals surface area contributed by atoms with Crippen molar-refractivity contribution >= 4 is 39.4 Å². The van der Waals surface area contributed by atoms with Crippen LogP contribution in [-0.4, -0.2) is 22.9 Å². The summed E-state index contributed by atoms with van der Waals surface area (Å²) in [6.45, 7) is 7.61. The molecule has 4 nitrogen and oxygen atoms in total. The van der Waals surface area contributed by atoms with E-state index < -0.39 is 11.2 Å². The molecule has 37 heavy (non-hydrogen) atoms. The number of carbonyl (C=O) groups excluding carboxylic acids is 1. The topological polar surface area (TPSA) is 58.9 Å². The summed E-state index contributed by atoms with van der Waals surface area (Å²) >= 11 is 0. The van der Waals surface area contributed by atoms with Gasteiger partial charge >= 0.3 is 5.97 Å². The molecule has 0 bridgehead atoms. The number of nitrogens with zero attached hydrogens (tertiary/aromatic N) is 1. The van der Waals surface area contributed by atoms with Crippen LogP contribution in [0.4, 0.5) is 5.69 Å². The number of aryl methyl sites for hydroxylation is 1. The van der Waals surface area contributed by atoms with Crippen molar-refractivity contribution in [2.24, 2.45) is 4.99 Å². The number of ether oxygens (including phenoxy) is 1. The molecule has 1 heterocycles. The van der Waals surface area contributed by atoms with Gasteiger partial charge in [0.2, 0.25) is 0 Å². The minimum atomic E-state index is -0.738. The van der Waals surface area contributed by atoms with Crippen molar-refractivity contribution < 1.29 is 14.6 Å². The fourth-order valence-corrected chi connectivity index (χ4v) is 5.50. The van der Waals surface area contributed by atoms with Crippen molar-refractivity contribution in [2.75, 3.05) is 0 Å². The number of aliphatic hydroxyl groups is 1. The smallest absolute Gasteiger partial charge is 0.313 e. The average Bonchev–Trinajstić information content (AvgIpc) is 2.87. The Morgan fingerprint density at radius 3 is 2.46 bits per heavy atom. The van der Waals surface area contributed by atoms with Crippen molar-refractivity contribution in [3.05, 3.63) is 89.5 Å². The number of esters is 1. The van der Waals surface area contributed by atoms with Crippen molar-refractivity contribution in [1.29, 1.82) is 0 Å². The molecule has 1 N–H and O–H groups in total. The van der Waals surface area contributed by atoms with Gasteiger partial charge in [-0.25, -0.2) is 0 Å². The van der Waals surface area contributed by atoms with Gasteiger partial charge in [0.15, 0.2) is 0 Å². The number of hydrogen-bond donors (Lipinski definition) is 1. The van der Waals surface area contributed by atoms with Crippen LogP contribution in [0.1, 0.15) is 69.6 Å². The Morgan fingerprint density at radius 1 is 0.946 bits per heavy atom. The SMILES string of the molecule is CC(C)(C)OC(=O)C1CCCc2c1ccc1c2ccc2ccccc21.CC1(O)CC=Nc2ccccc21. The molecular formula is C33H35NO3. The fraction of sp³-hybridized carbons (Fsp3) is 0.333. The van der Waals surface area contributed by atoms with Crippen LogP contribution in [0.3, 0.4) is 0 Å². The molecular weight excluding hydrogens is 458 g/mol. The Hall–Kier alpha value is -3.50. The van der Waals surface area contributed by atoms with Gasteiger partial charge in [-0.15, -0.1) is 0 Å². The van der Waals surface area contributed by atoms with Crippen molar-refractivity contribution in [3.63, 3.8) is 0 Å². The highest BCUT2D eigenvalue weighted by Gasteiger charge is 2.31. The Morgan fingerprint density at radius 2 is 1.68 bits per heavy atom. The lowest BCUT2D eigenvalue weighted by Gasteiger charge is -2.29. The van der Waals surface area contributed by atoms with Gasteiger partial charge < -0.3 is 9.84 Å². The third-order valence-corrected chi connectivity index (χ3v) is 7.26. The van der Waals surface area contributed by atoms with Gasteiger partial charge in [-0.05, 0) is 85.7 Å². The fourth-order valence-electron chi connectivity index (χ4n) is 5.50. The molecule has 4 heteroatoms. The van der Waals surface area contributed by atoms with Gasteiger partial charge in [0, 0.05) is 18.2 Å². The lowest BCUT2D eigenvalue weighted by molar-refractivity contribution is -0.157. The van der Waals surface area contributed by atoms with Gasteiger partial charge in [0.25, 0.3) is 0 Å². The minimum Gasteiger partial charge on any atom is -0.459 e. The third kappa shape index (κ3) is 5.17. The molecule has 0 amide bonds. The zero-order valence-electron chi connectivity index (χ0n) is 22.1. The number of para-hydroxylation sites is 1. The van der Waals surface area contributed by atoms with Crippen LogP contribution in [0.2, 0.25) is 0 Å². The van der Waals surface area contributed by atoms with Gasteiger partial charge in [-0.3, -0.25) is 9.79 Å². The predicted octanol–water partition coefficient (Wildman–Crippen LogP) is 7.75. The molecule has 2 unspecified atom stereocenters. The minimum absolute atomic E-state index is 0.0893. The molecule has 4 aromatic carbocycles. The van der Waals surface area contributed by atoms with Crippen LogP contribution in [0.5, 0.6) is 0 Å². The molecule has 1 aliphatic heterocycles. The first-order valence-electron chi connectivity index (χ1n) is 13.1. The quantitative estimate of drug-likeness (QED) is 0.218. The Balaban J connectivity index is 0.000000195. The van der Waals surface area contributed by atoms with E-state index >= 15 is 0 Å². The summed E-state index contributed by atoms with van der Waals surface area (Å²) in [5.41, 5.74) is 3.11. The number of aliphatic imine (C=N–C) groups is 1. The van der Waals surface area contributed by atoms with Gasteiger partial charge in [-0.2, -0.15) is 0 Å². The molecule has 0 fully saturated rings. The largest absolute Gasteiger partial charge is 0.459 e. The maximum Gasteiger partial charge on any atom is 0.313 e. The van der Waals surface area contributed by atoms with E-state index in [0.29, 0.717) is 6.42 Å². The Bertz CT molecular complexity index is 1490. The molecule has 2 atom stereocenters. The summed E-state index contributed by atoms with van der Waals surface area (Å²) in [6, 6.07) is 24.9. The second-order valence-corrected chi connectivity index (χ2v) is 11.3. The molecule has 2 aliphatic rings. The highest BCUT2D eigenvalue weighted by Crippen LogP contribution is 2.39. The molecule has 0 saturated heterocycles. The van der Waals surface area contributed by atoms with E-state index in [1.54, 1.807) is 6.21 Å². The highest BCUT2D eigenvalue weighted by atomic mass is 16.6. The lowest BCUT2D eigenvalue weighted by atomic mass is 9.80. The van der Waals surface area contributed by atoms with Crippen LogP contribution in [0, 0.1) is 0 Å². The zero-order valence-corrected chi connectivity index (χ0v) is 22.1. The molecule has 0 aromatic heterocycles. The summed E-state index contributed by atoms with van der Waals surface area (Å²) < 4.78 is 5.68. The molecule has 0 spiro atoms. The van der Waals surface area contributed by atoms with Crippen LogP contribution < -0.4 is 0 Å². The maximum absolute atomic E-state index is 12.7. The average molecular weight is 494 g/mol. The third-order valence-electron chi connectivity index (χ3n) is 7.26. The molecule has 4 aromatic rings. The van der Waals surface area contributed by atoms with Crippen molar-refractivity contribution in [2.45, 2.75) is 70.5 Å². The molecule has 190 valence electrons. The first-order valence-corrected chi connectivity index (χ1v) is 13.1. The van der Waals surface area contributed by atoms with E-state index in [1.807, 2.05) is 52.0 Å². The lowest BCUT2D eigenvalue weighted by Crippen LogP contribution is -2.29. The van der Waals surface area contributed by atoms with Crippen molar-refractivity contribution in [1.82, 2.24) is 0 Å². The van der Waals surface area contributed by atoms with Gasteiger partial charge in [0.05, 0.1) is 17.2 Å².